The van der Waals surface area contributed by atoms with Gasteiger partial charge in [-0.2, -0.15) is 0 Å². The summed E-state index contributed by atoms with van der Waals surface area (Å²) >= 11 is 0. The summed E-state index contributed by atoms with van der Waals surface area (Å²) in [7, 11) is 0. The van der Waals surface area contributed by atoms with Crippen molar-refractivity contribution in [3.05, 3.63) is 29.8 Å². The number of amides is 3. The number of carboxylic acids is 1. The lowest BCUT2D eigenvalue weighted by molar-refractivity contribution is -0.142. The number of phenolic OH excluding ortho intramolecular Hbond substituents is 1. The maximum Gasteiger partial charge on any atom is 0.326 e. The Balaban J connectivity index is 2.93. The molecule has 0 saturated carbocycles. The summed E-state index contributed by atoms with van der Waals surface area (Å²) in [6.45, 7) is 8.97. The highest BCUT2D eigenvalue weighted by Gasteiger charge is 2.29. The van der Waals surface area contributed by atoms with Gasteiger partial charge in [-0.15, -0.1) is 0 Å². The number of benzene rings is 1. The minimum atomic E-state index is -1.16. The van der Waals surface area contributed by atoms with Gasteiger partial charge in [0.25, 0.3) is 0 Å². The molecule has 0 radical (unpaired) electrons. The van der Waals surface area contributed by atoms with E-state index in [1.165, 1.54) is 19.1 Å². The Hall–Kier alpha value is -3.14. The number of hydrogen-bond acceptors (Lipinski definition) is 6. The number of rotatable bonds is 13. The molecule has 0 aliphatic rings. The standard InChI is InChI=1S/C24H38N4O6/c1-13(2)10-18(25)22(31)27-19(12-16-6-8-17(29)9-7-16)23(32)26-15(5)21(30)28-20(24(33)34)11-14(3)4/h6-9,13-15,18-20,29H,10-12,25H2,1-5H3,(H,26,32)(H,27,31)(H,28,30)(H,33,34). The number of carboxylic acid groups (broad SMARTS) is 1. The molecule has 34 heavy (non-hydrogen) atoms. The molecule has 0 aromatic heterocycles. The van der Waals surface area contributed by atoms with Gasteiger partial charge in [0.05, 0.1) is 6.04 Å². The van der Waals surface area contributed by atoms with E-state index >= 15 is 0 Å². The van der Waals surface area contributed by atoms with Gasteiger partial charge >= 0.3 is 5.97 Å². The van der Waals surface area contributed by atoms with Gasteiger partial charge in [-0.05, 0) is 49.3 Å². The summed E-state index contributed by atoms with van der Waals surface area (Å²) < 4.78 is 0. The number of nitrogens with two attached hydrogens (primary N) is 1. The van der Waals surface area contributed by atoms with Crippen LogP contribution in [0.15, 0.2) is 24.3 Å². The Morgan fingerprint density at radius 1 is 0.794 bits per heavy atom. The molecule has 1 rings (SSSR count). The Morgan fingerprint density at radius 3 is 1.82 bits per heavy atom. The number of aliphatic carboxylic acids is 1. The zero-order valence-electron chi connectivity index (χ0n) is 20.5. The number of carbonyl (C=O) groups is 4. The highest BCUT2D eigenvalue weighted by atomic mass is 16.4. The maximum atomic E-state index is 13.0. The largest absolute Gasteiger partial charge is 0.508 e. The molecule has 0 aliphatic heterocycles. The van der Waals surface area contributed by atoms with E-state index in [2.05, 4.69) is 16.0 Å². The first-order valence-corrected chi connectivity index (χ1v) is 11.5. The normalized spacial score (nSPS) is 14.7. The van der Waals surface area contributed by atoms with Gasteiger partial charge in [-0.25, -0.2) is 4.79 Å². The number of phenols is 1. The van der Waals surface area contributed by atoms with Crippen LogP contribution in [-0.4, -0.2) is 58.1 Å². The first-order chi connectivity index (χ1) is 15.8. The van der Waals surface area contributed by atoms with Crippen LogP contribution in [0.5, 0.6) is 5.75 Å². The first-order valence-electron chi connectivity index (χ1n) is 11.5. The van der Waals surface area contributed by atoms with Crippen molar-refractivity contribution in [3.8, 4) is 5.75 Å². The molecule has 0 heterocycles. The van der Waals surface area contributed by atoms with Crippen LogP contribution in [0.2, 0.25) is 0 Å². The van der Waals surface area contributed by atoms with Crippen LogP contribution in [0, 0.1) is 11.8 Å². The van der Waals surface area contributed by atoms with Gasteiger partial charge in [0, 0.05) is 6.42 Å². The summed E-state index contributed by atoms with van der Waals surface area (Å²) in [5.41, 5.74) is 6.63. The highest BCUT2D eigenvalue weighted by molar-refractivity contribution is 5.94. The fourth-order valence-corrected chi connectivity index (χ4v) is 3.34. The minimum Gasteiger partial charge on any atom is -0.508 e. The molecule has 10 nitrogen and oxygen atoms in total. The molecule has 0 saturated heterocycles. The van der Waals surface area contributed by atoms with E-state index in [4.69, 9.17) is 5.73 Å². The van der Waals surface area contributed by atoms with Gasteiger partial charge in [-0.3, -0.25) is 14.4 Å². The molecule has 10 heteroatoms. The zero-order valence-corrected chi connectivity index (χ0v) is 20.5. The van der Waals surface area contributed by atoms with E-state index in [1.807, 2.05) is 27.7 Å². The number of carbonyl (C=O) groups excluding carboxylic acids is 3. The summed E-state index contributed by atoms with van der Waals surface area (Å²) in [6, 6.07) is 2.23. The van der Waals surface area contributed by atoms with Crippen molar-refractivity contribution in [2.75, 3.05) is 0 Å². The molecule has 1 aromatic rings. The van der Waals surface area contributed by atoms with Crippen molar-refractivity contribution in [1.29, 1.82) is 0 Å². The van der Waals surface area contributed by atoms with E-state index in [0.717, 1.165) is 0 Å². The molecule has 4 atom stereocenters. The lowest BCUT2D eigenvalue weighted by atomic mass is 10.0. The quantitative estimate of drug-likeness (QED) is 0.245. The van der Waals surface area contributed by atoms with E-state index < -0.39 is 47.9 Å². The number of aromatic hydroxyl groups is 1. The average Bonchev–Trinajstić information content (AvgIpc) is 2.73. The maximum absolute atomic E-state index is 13.0. The van der Waals surface area contributed by atoms with Crippen LogP contribution in [0.4, 0.5) is 0 Å². The Kier molecular flexibility index (Phi) is 11.5. The van der Waals surface area contributed by atoms with Crippen molar-refractivity contribution < 1.29 is 29.4 Å². The molecular weight excluding hydrogens is 440 g/mol. The summed E-state index contributed by atoms with van der Waals surface area (Å²) in [6.07, 6.45) is 0.783. The molecule has 190 valence electrons. The molecule has 7 N–H and O–H groups in total. The van der Waals surface area contributed by atoms with Crippen molar-refractivity contribution in [2.24, 2.45) is 17.6 Å². The topological polar surface area (TPSA) is 171 Å². The van der Waals surface area contributed by atoms with Crippen LogP contribution >= 0.6 is 0 Å². The molecule has 0 spiro atoms. The van der Waals surface area contributed by atoms with Crippen molar-refractivity contribution in [3.63, 3.8) is 0 Å². The lowest BCUT2D eigenvalue weighted by Gasteiger charge is -2.24. The van der Waals surface area contributed by atoms with Crippen molar-refractivity contribution in [1.82, 2.24) is 16.0 Å². The van der Waals surface area contributed by atoms with E-state index in [9.17, 15) is 29.4 Å². The zero-order chi connectivity index (χ0) is 26.0. The van der Waals surface area contributed by atoms with Crippen molar-refractivity contribution >= 4 is 23.7 Å². The van der Waals surface area contributed by atoms with E-state index in [0.29, 0.717) is 12.0 Å². The molecular formula is C24H38N4O6. The fraction of sp³-hybridized carbons (Fsp3) is 0.583. The summed E-state index contributed by atoms with van der Waals surface area (Å²) in [4.78, 5) is 49.5. The number of nitrogens with one attached hydrogen (secondary N) is 3. The van der Waals surface area contributed by atoms with Gasteiger partial charge in [-0.1, -0.05) is 39.8 Å². The molecule has 0 aliphatic carbocycles. The van der Waals surface area contributed by atoms with Crippen LogP contribution < -0.4 is 21.7 Å². The van der Waals surface area contributed by atoms with Gasteiger partial charge in [0.1, 0.15) is 23.9 Å². The van der Waals surface area contributed by atoms with Crippen molar-refractivity contribution in [2.45, 2.75) is 78.0 Å². The van der Waals surface area contributed by atoms with E-state index in [-0.39, 0.29) is 30.4 Å². The van der Waals surface area contributed by atoms with Gasteiger partial charge in [0.2, 0.25) is 17.7 Å². The fourth-order valence-electron chi connectivity index (χ4n) is 3.34. The third-order valence-corrected chi connectivity index (χ3v) is 5.14. The second-order valence-corrected chi connectivity index (χ2v) is 9.43. The first kappa shape index (κ1) is 28.9. The summed E-state index contributed by atoms with van der Waals surface area (Å²) in [5.74, 6) is -2.62. The second-order valence-electron chi connectivity index (χ2n) is 9.43. The SMILES string of the molecule is CC(C)CC(N)C(=O)NC(Cc1ccc(O)cc1)C(=O)NC(C)C(=O)NC(CC(C)C)C(=O)O. The molecule has 4 unspecified atom stereocenters. The minimum absolute atomic E-state index is 0.0475. The van der Waals surface area contributed by atoms with Gasteiger partial charge < -0.3 is 31.9 Å². The Bertz CT molecular complexity index is 840. The van der Waals surface area contributed by atoms with Crippen LogP contribution in [-0.2, 0) is 25.6 Å². The lowest BCUT2D eigenvalue weighted by Crippen LogP contribution is -2.57. The second kappa shape index (κ2) is 13.5. The smallest absolute Gasteiger partial charge is 0.326 e. The van der Waals surface area contributed by atoms with E-state index in [1.54, 1.807) is 12.1 Å². The van der Waals surface area contributed by atoms with Crippen LogP contribution in [0.3, 0.4) is 0 Å². The van der Waals surface area contributed by atoms with Crippen LogP contribution in [0.25, 0.3) is 0 Å². The Morgan fingerprint density at radius 2 is 1.32 bits per heavy atom. The monoisotopic (exact) mass is 478 g/mol. The predicted octanol–water partition coefficient (Wildman–Crippen LogP) is 0.913. The highest BCUT2D eigenvalue weighted by Crippen LogP contribution is 2.12. The third kappa shape index (κ3) is 10.2. The molecule has 0 bridgehead atoms. The number of hydrogen-bond donors (Lipinski definition) is 6. The molecule has 0 fully saturated rings. The third-order valence-electron chi connectivity index (χ3n) is 5.14. The summed E-state index contributed by atoms with van der Waals surface area (Å²) in [5, 5.41) is 26.5. The average molecular weight is 479 g/mol. The Labute approximate surface area is 200 Å². The van der Waals surface area contributed by atoms with Crippen LogP contribution in [0.1, 0.15) is 53.0 Å². The molecule has 3 amide bonds. The van der Waals surface area contributed by atoms with Gasteiger partial charge in [0.15, 0.2) is 0 Å². The predicted molar refractivity (Wildman–Crippen MR) is 128 cm³/mol. The molecule has 1 aromatic carbocycles.